The summed E-state index contributed by atoms with van der Waals surface area (Å²) in [6.45, 7) is 0. The average Bonchev–Trinajstić information content (AvgIpc) is 1.88. The first-order valence-electron chi connectivity index (χ1n) is 3.16. The molecule has 1 rings (SSSR count). The Balaban J connectivity index is 0.000001000. The van der Waals surface area contributed by atoms with Crippen LogP contribution in [0.1, 0.15) is 5.56 Å². The molecule has 1 aromatic rings. The van der Waals surface area contributed by atoms with Gasteiger partial charge in [-0.1, -0.05) is 30.3 Å². The minimum atomic E-state index is 0. The van der Waals surface area contributed by atoms with Crippen LogP contribution in [-0.2, 0) is 6.42 Å². The van der Waals surface area contributed by atoms with Crippen LogP contribution in [0.3, 0.4) is 0 Å². The predicted octanol–water partition coefficient (Wildman–Crippen LogP) is 1.74. The lowest BCUT2D eigenvalue weighted by atomic mass is 10.1. The van der Waals surface area contributed by atoms with Crippen molar-refractivity contribution in [1.29, 1.82) is 5.41 Å². The third kappa shape index (κ3) is 3.78. The van der Waals surface area contributed by atoms with Crippen LogP contribution in [0.25, 0.3) is 0 Å². The molecule has 0 aliphatic carbocycles. The van der Waals surface area contributed by atoms with Gasteiger partial charge in [0.15, 0.2) is 0 Å². The maximum Gasteiger partial charge on any atom is 0.0950 e. The molecule has 60 valence electrons. The number of rotatable bonds is 2. The highest BCUT2D eigenvalue weighted by atomic mass is 79.9. The number of hydrogen-bond acceptors (Lipinski definition) is 1. The van der Waals surface area contributed by atoms with Gasteiger partial charge in [0.25, 0.3) is 0 Å². The van der Waals surface area contributed by atoms with Gasteiger partial charge >= 0.3 is 0 Å². The van der Waals surface area contributed by atoms with Gasteiger partial charge in [-0.05, 0) is 5.56 Å². The van der Waals surface area contributed by atoms with E-state index in [0.29, 0.717) is 6.42 Å². The van der Waals surface area contributed by atoms with Crippen molar-refractivity contribution in [3.63, 3.8) is 0 Å². The molecular formula is C8H11BrN2. The maximum atomic E-state index is 7.01. The van der Waals surface area contributed by atoms with E-state index in [1.54, 1.807) is 0 Å². The summed E-state index contributed by atoms with van der Waals surface area (Å²) < 4.78 is 0. The molecule has 0 saturated carbocycles. The molecular weight excluding hydrogens is 204 g/mol. The van der Waals surface area contributed by atoms with E-state index in [0.717, 1.165) is 5.56 Å². The van der Waals surface area contributed by atoms with E-state index in [1.807, 2.05) is 30.3 Å². The highest BCUT2D eigenvalue weighted by Crippen LogP contribution is 1.97. The Morgan fingerprint density at radius 1 is 1.27 bits per heavy atom. The van der Waals surface area contributed by atoms with Crippen LogP contribution >= 0.6 is 17.0 Å². The van der Waals surface area contributed by atoms with Gasteiger partial charge in [0, 0.05) is 6.42 Å². The zero-order valence-electron chi connectivity index (χ0n) is 6.08. The molecule has 0 unspecified atom stereocenters. The number of nitrogens with one attached hydrogen (secondary N) is 1. The van der Waals surface area contributed by atoms with Gasteiger partial charge in [-0.25, -0.2) is 0 Å². The summed E-state index contributed by atoms with van der Waals surface area (Å²) in [4.78, 5) is 0. The van der Waals surface area contributed by atoms with Crippen LogP contribution in [-0.4, -0.2) is 5.84 Å². The second-order valence-electron chi connectivity index (χ2n) is 2.19. The van der Waals surface area contributed by atoms with Crippen molar-refractivity contribution in [3.05, 3.63) is 35.9 Å². The van der Waals surface area contributed by atoms with E-state index in [2.05, 4.69) is 0 Å². The number of hydrogen-bond donors (Lipinski definition) is 2. The third-order valence-corrected chi connectivity index (χ3v) is 1.24. The molecule has 3 N–H and O–H groups in total. The molecule has 0 bridgehead atoms. The van der Waals surface area contributed by atoms with Gasteiger partial charge in [0.1, 0.15) is 0 Å². The summed E-state index contributed by atoms with van der Waals surface area (Å²) in [6.07, 6.45) is 0.556. The zero-order chi connectivity index (χ0) is 7.40. The normalized spacial score (nSPS) is 8.36. The first-order valence-corrected chi connectivity index (χ1v) is 3.16. The van der Waals surface area contributed by atoms with E-state index in [9.17, 15) is 0 Å². The lowest BCUT2D eigenvalue weighted by molar-refractivity contribution is 1.25. The molecule has 0 amide bonds. The molecule has 0 heterocycles. The molecule has 0 atom stereocenters. The molecule has 0 aliphatic rings. The standard InChI is InChI=1S/C8H10N2.BrH/c9-8(10)6-7-4-2-1-3-5-7;/h1-5H,6H2,(H3,9,10);1H. The summed E-state index contributed by atoms with van der Waals surface area (Å²) in [5, 5.41) is 7.01. The zero-order valence-corrected chi connectivity index (χ0v) is 7.79. The summed E-state index contributed by atoms with van der Waals surface area (Å²) in [5.74, 6) is 0.214. The monoisotopic (exact) mass is 214 g/mol. The van der Waals surface area contributed by atoms with E-state index < -0.39 is 0 Å². The van der Waals surface area contributed by atoms with E-state index in [1.165, 1.54) is 0 Å². The summed E-state index contributed by atoms with van der Waals surface area (Å²) in [5.41, 5.74) is 6.30. The molecule has 0 spiro atoms. The third-order valence-electron chi connectivity index (χ3n) is 1.24. The number of halogens is 1. The molecule has 0 aliphatic heterocycles. The summed E-state index contributed by atoms with van der Waals surface area (Å²) in [6, 6.07) is 9.75. The van der Waals surface area contributed by atoms with E-state index >= 15 is 0 Å². The second-order valence-corrected chi connectivity index (χ2v) is 2.19. The van der Waals surface area contributed by atoms with Gasteiger partial charge in [0.05, 0.1) is 5.84 Å². The van der Waals surface area contributed by atoms with Gasteiger partial charge in [-0.3, -0.25) is 5.41 Å². The van der Waals surface area contributed by atoms with Crippen molar-refractivity contribution < 1.29 is 0 Å². The van der Waals surface area contributed by atoms with Crippen molar-refractivity contribution in [2.45, 2.75) is 6.42 Å². The topological polar surface area (TPSA) is 49.9 Å². The van der Waals surface area contributed by atoms with Gasteiger partial charge in [-0.15, -0.1) is 17.0 Å². The number of benzene rings is 1. The van der Waals surface area contributed by atoms with Crippen molar-refractivity contribution in [2.24, 2.45) is 5.73 Å². The molecule has 0 radical (unpaired) electrons. The Bertz CT molecular complexity index is 221. The van der Waals surface area contributed by atoms with Gasteiger partial charge < -0.3 is 5.73 Å². The fraction of sp³-hybridized carbons (Fsp3) is 0.125. The largest absolute Gasteiger partial charge is 0.387 e. The van der Waals surface area contributed by atoms with Crippen LogP contribution in [0.4, 0.5) is 0 Å². The minimum absolute atomic E-state index is 0. The SMILES string of the molecule is Br.N=C(N)Cc1ccccc1. The Labute approximate surface area is 76.7 Å². The molecule has 2 nitrogen and oxygen atoms in total. The van der Waals surface area contributed by atoms with Crippen LogP contribution < -0.4 is 5.73 Å². The van der Waals surface area contributed by atoms with Crippen molar-refractivity contribution in [3.8, 4) is 0 Å². The quantitative estimate of drug-likeness (QED) is 0.573. The fourth-order valence-corrected chi connectivity index (χ4v) is 0.816. The fourth-order valence-electron chi connectivity index (χ4n) is 0.816. The molecule has 1 aromatic carbocycles. The van der Waals surface area contributed by atoms with E-state index in [4.69, 9.17) is 11.1 Å². The smallest absolute Gasteiger partial charge is 0.0950 e. The highest BCUT2D eigenvalue weighted by molar-refractivity contribution is 8.93. The number of amidine groups is 1. The Morgan fingerprint density at radius 3 is 2.27 bits per heavy atom. The van der Waals surface area contributed by atoms with Crippen molar-refractivity contribution in [2.75, 3.05) is 0 Å². The summed E-state index contributed by atoms with van der Waals surface area (Å²) >= 11 is 0. The first-order chi connectivity index (χ1) is 4.79. The average molecular weight is 215 g/mol. The molecule has 0 saturated heterocycles. The van der Waals surface area contributed by atoms with Gasteiger partial charge in [-0.2, -0.15) is 0 Å². The Hall–Kier alpha value is -0.830. The predicted molar refractivity (Wildman–Crippen MR) is 52.4 cm³/mol. The Kier molecular flexibility index (Phi) is 4.54. The maximum absolute atomic E-state index is 7.01. The first kappa shape index (κ1) is 10.2. The van der Waals surface area contributed by atoms with Crippen molar-refractivity contribution >= 4 is 22.8 Å². The van der Waals surface area contributed by atoms with Gasteiger partial charge in [0.2, 0.25) is 0 Å². The molecule has 11 heavy (non-hydrogen) atoms. The lowest BCUT2D eigenvalue weighted by Gasteiger charge is -1.96. The van der Waals surface area contributed by atoms with Crippen LogP contribution in [0.15, 0.2) is 30.3 Å². The van der Waals surface area contributed by atoms with Crippen molar-refractivity contribution in [1.82, 2.24) is 0 Å². The lowest BCUT2D eigenvalue weighted by Crippen LogP contribution is -2.12. The van der Waals surface area contributed by atoms with Crippen LogP contribution in [0.2, 0.25) is 0 Å². The number of nitrogens with two attached hydrogens (primary N) is 1. The Morgan fingerprint density at radius 2 is 1.82 bits per heavy atom. The minimum Gasteiger partial charge on any atom is -0.387 e. The molecule has 0 aromatic heterocycles. The van der Waals surface area contributed by atoms with Crippen LogP contribution in [0, 0.1) is 5.41 Å². The molecule has 3 heteroatoms. The highest BCUT2D eigenvalue weighted by Gasteiger charge is 1.90. The summed E-state index contributed by atoms with van der Waals surface area (Å²) in [7, 11) is 0. The second kappa shape index (κ2) is 4.91. The van der Waals surface area contributed by atoms with Crippen LogP contribution in [0.5, 0.6) is 0 Å². The van der Waals surface area contributed by atoms with E-state index in [-0.39, 0.29) is 22.8 Å². The molecule has 0 fully saturated rings.